The van der Waals surface area contributed by atoms with E-state index in [1.807, 2.05) is 18.2 Å². The first kappa shape index (κ1) is 16.5. The summed E-state index contributed by atoms with van der Waals surface area (Å²) in [6, 6.07) is 14.2. The molecule has 0 radical (unpaired) electrons. The van der Waals surface area contributed by atoms with Gasteiger partial charge in [-0.1, -0.05) is 39.0 Å². The van der Waals surface area contributed by atoms with Crippen molar-refractivity contribution in [1.82, 2.24) is 9.97 Å². The van der Waals surface area contributed by atoms with Crippen LogP contribution < -0.4 is 10.6 Å². The lowest BCUT2D eigenvalue weighted by molar-refractivity contribution is 0.443. The van der Waals surface area contributed by atoms with Crippen molar-refractivity contribution >= 4 is 28.0 Å². The maximum atomic E-state index is 4.64. The molecule has 0 amide bonds. The van der Waals surface area contributed by atoms with Crippen LogP contribution in [0, 0.1) is 5.41 Å². The Morgan fingerprint density at radius 1 is 1.04 bits per heavy atom. The van der Waals surface area contributed by atoms with Crippen LogP contribution in [0.4, 0.5) is 16.6 Å². The van der Waals surface area contributed by atoms with Crippen molar-refractivity contribution in [3.63, 3.8) is 0 Å². The molecule has 3 aromatic rings. The Balaban J connectivity index is 1.67. The fourth-order valence-electron chi connectivity index (χ4n) is 2.14. The number of benzene rings is 1. The molecular formula is C19H22N4S. The van der Waals surface area contributed by atoms with Crippen LogP contribution in [0.5, 0.6) is 0 Å². The fourth-order valence-corrected chi connectivity index (χ4v) is 2.86. The molecule has 0 aliphatic heterocycles. The molecule has 0 fully saturated rings. The lowest BCUT2D eigenvalue weighted by Gasteiger charge is -2.19. The third kappa shape index (κ3) is 4.55. The molecule has 0 unspecified atom stereocenters. The largest absolute Gasteiger partial charge is 0.385 e. The molecule has 0 saturated heterocycles. The van der Waals surface area contributed by atoms with Gasteiger partial charge >= 0.3 is 0 Å². The Morgan fingerprint density at radius 3 is 2.50 bits per heavy atom. The predicted molar refractivity (Wildman–Crippen MR) is 103 cm³/mol. The number of thiazole rings is 1. The predicted octanol–water partition coefficient (Wildman–Crippen LogP) is 5.41. The first-order valence-corrected chi connectivity index (χ1v) is 8.85. The van der Waals surface area contributed by atoms with E-state index in [2.05, 4.69) is 71.0 Å². The molecular weight excluding hydrogens is 316 g/mol. The van der Waals surface area contributed by atoms with Crippen LogP contribution in [-0.4, -0.2) is 16.5 Å². The van der Waals surface area contributed by atoms with Crippen molar-refractivity contribution in [3.8, 4) is 11.3 Å². The third-order valence-corrected chi connectivity index (χ3v) is 4.17. The van der Waals surface area contributed by atoms with E-state index in [9.17, 15) is 0 Å². The van der Waals surface area contributed by atoms with E-state index in [1.165, 1.54) is 0 Å². The Labute approximate surface area is 147 Å². The zero-order valence-electron chi connectivity index (χ0n) is 14.2. The lowest BCUT2D eigenvalue weighted by atomic mass is 9.97. The van der Waals surface area contributed by atoms with Gasteiger partial charge in [-0.2, -0.15) is 0 Å². The lowest BCUT2D eigenvalue weighted by Crippen LogP contribution is -2.18. The molecule has 0 aliphatic rings. The van der Waals surface area contributed by atoms with Crippen molar-refractivity contribution in [2.75, 3.05) is 17.2 Å². The standard InChI is InChI=1S/C19H22N4S/c1-19(2,3)13-21-15-9-7-14(8-10-15)16-12-24-18(22-16)23-17-6-4-5-11-20-17/h4-12,21H,13H2,1-3H3,(H,20,22,23). The Kier molecular flexibility index (Phi) is 4.81. The van der Waals surface area contributed by atoms with Crippen LogP contribution in [-0.2, 0) is 0 Å². The molecule has 0 bridgehead atoms. The second kappa shape index (κ2) is 7.01. The number of hydrogen-bond acceptors (Lipinski definition) is 5. The summed E-state index contributed by atoms with van der Waals surface area (Å²) in [5, 5.41) is 9.59. The highest BCUT2D eigenvalue weighted by atomic mass is 32.1. The van der Waals surface area contributed by atoms with E-state index >= 15 is 0 Å². The zero-order valence-corrected chi connectivity index (χ0v) is 15.0. The van der Waals surface area contributed by atoms with E-state index in [4.69, 9.17) is 0 Å². The molecule has 0 atom stereocenters. The third-order valence-electron chi connectivity index (χ3n) is 3.41. The van der Waals surface area contributed by atoms with Gasteiger partial charge in [-0.15, -0.1) is 11.3 Å². The summed E-state index contributed by atoms with van der Waals surface area (Å²) in [5.74, 6) is 0.806. The summed E-state index contributed by atoms with van der Waals surface area (Å²) in [6.07, 6.45) is 1.76. The molecule has 0 saturated carbocycles. The fraction of sp³-hybridized carbons (Fsp3) is 0.263. The first-order chi connectivity index (χ1) is 11.5. The van der Waals surface area contributed by atoms with Crippen molar-refractivity contribution in [2.45, 2.75) is 20.8 Å². The van der Waals surface area contributed by atoms with Crippen LogP contribution in [0.1, 0.15) is 20.8 Å². The van der Waals surface area contributed by atoms with Gasteiger partial charge in [-0.3, -0.25) is 0 Å². The van der Waals surface area contributed by atoms with Gasteiger partial charge in [-0.05, 0) is 29.7 Å². The number of pyridine rings is 1. The molecule has 1 aromatic carbocycles. The highest BCUT2D eigenvalue weighted by Gasteiger charge is 2.10. The first-order valence-electron chi connectivity index (χ1n) is 7.97. The van der Waals surface area contributed by atoms with Gasteiger partial charge in [0.15, 0.2) is 5.13 Å². The second-order valence-electron chi connectivity index (χ2n) is 6.87. The van der Waals surface area contributed by atoms with E-state index in [1.54, 1.807) is 17.5 Å². The van der Waals surface area contributed by atoms with Crippen molar-refractivity contribution in [1.29, 1.82) is 0 Å². The van der Waals surface area contributed by atoms with Crippen LogP contribution >= 0.6 is 11.3 Å². The van der Waals surface area contributed by atoms with Crippen LogP contribution in [0.3, 0.4) is 0 Å². The number of hydrogen-bond donors (Lipinski definition) is 2. The average molecular weight is 338 g/mol. The summed E-state index contributed by atoms with van der Waals surface area (Å²) in [6.45, 7) is 7.61. The summed E-state index contributed by atoms with van der Waals surface area (Å²) in [5.41, 5.74) is 3.48. The average Bonchev–Trinajstić information content (AvgIpc) is 3.02. The smallest absolute Gasteiger partial charge is 0.188 e. The topological polar surface area (TPSA) is 49.8 Å². The van der Waals surface area contributed by atoms with Gasteiger partial charge in [-0.25, -0.2) is 9.97 Å². The maximum absolute atomic E-state index is 4.64. The summed E-state index contributed by atoms with van der Waals surface area (Å²) < 4.78 is 0. The molecule has 0 aliphatic carbocycles. The normalized spacial score (nSPS) is 11.3. The molecule has 2 aromatic heterocycles. The van der Waals surface area contributed by atoms with Crippen LogP contribution in [0.25, 0.3) is 11.3 Å². The Morgan fingerprint density at radius 2 is 1.83 bits per heavy atom. The molecule has 24 heavy (non-hydrogen) atoms. The summed E-state index contributed by atoms with van der Waals surface area (Å²) >= 11 is 1.58. The van der Waals surface area contributed by atoms with Crippen LogP contribution in [0.2, 0.25) is 0 Å². The van der Waals surface area contributed by atoms with Crippen molar-refractivity contribution < 1.29 is 0 Å². The van der Waals surface area contributed by atoms with E-state index < -0.39 is 0 Å². The van der Waals surface area contributed by atoms with Gasteiger partial charge in [0.2, 0.25) is 0 Å². The van der Waals surface area contributed by atoms with E-state index in [0.717, 1.165) is 34.4 Å². The Bertz CT molecular complexity index is 773. The molecule has 0 spiro atoms. The van der Waals surface area contributed by atoms with E-state index in [0.29, 0.717) is 0 Å². The van der Waals surface area contributed by atoms with Crippen LogP contribution in [0.15, 0.2) is 54.0 Å². The molecule has 124 valence electrons. The Hall–Kier alpha value is -2.40. The van der Waals surface area contributed by atoms with Crippen molar-refractivity contribution in [3.05, 3.63) is 54.0 Å². The van der Waals surface area contributed by atoms with Gasteiger partial charge in [0.05, 0.1) is 5.69 Å². The second-order valence-corrected chi connectivity index (χ2v) is 7.73. The van der Waals surface area contributed by atoms with Gasteiger partial charge in [0, 0.05) is 29.4 Å². The summed E-state index contributed by atoms with van der Waals surface area (Å²) in [7, 11) is 0. The number of rotatable bonds is 5. The minimum absolute atomic E-state index is 0.264. The number of aromatic nitrogens is 2. The molecule has 2 N–H and O–H groups in total. The number of nitrogens with zero attached hydrogens (tertiary/aromatic N) is 2. The number of nitrogens with one attached hydrogen (secondary N) is 2. The highest BCUT2D eigenvalue weighted by Crippen LogP contribution is 2.27. The van der Waals surface area contributed by atoms with Gasteiger partial charge in [0.25, 0.3) is 0 Å². The minimum atomic E-state index is 0.264. The van der Waals surface area contributed by atoms with Crippen molar-refractivity contribution in [2.24, 2.45) is 5.41 Å². The maximum Gasteiger partial charge on any atom is 0.188 e. The molecule has 2 heterocycles. The SMILES string of the molecule is CC(C)(C)CNc1ccc(-c2csc(Nc3ccccn3)n2)cc1. The number of anilines is 3. The summed E-state index contributed by atoms with van der Waals surface area (Å²) in [4.78, 5) is 8.89. The highest BCUT2D eigenvalue weighted by molar-refractivity contribution is 7.14. The van der Waals surface area contributed by atoms with E-state index in [-0.39, 0.29) is 5.41 Å². The molecule has 4 nitrogen and oxygen atoms in total. The zero-order chi connectivity index (χ0) is 17.0. The van der Waals surface area contributed by atoms with Gasteiger partial charge in [0.1, 0.15) is 5.82 Å². The molecule has 5 heteroatoms. The minimum Gasteiger partial charge on any atom is -0.385 e. The molecule has 3 rings (SSSR count). The quantitative estimate of drug-likeness (QED) is 0.653. The monoisotopic (exact) mass is 338 g/mol. The van der Waals surface area contributed by atoms with Gasteiger partial charge < -0.3 is 10.6 Å².